The summed E-state index contributed by atoms with van der Waals surface area (Å²) in [4.78, 5) is 12.5. The van der Waals surface area contributed by atoms with Crippen LogP contribution in [0, 0.1) is 5.82 Å². The number of nitrogens with zero attached hydrogens (tertiary/aromatic N) is 1. The number of carbonyl (C=O) groups excluding carboxylic acids is 1. The Morgan fingerprint density at radius 2 is 1.70 bits per heavy atom. The summed E-state index contributed by atoms with van der Waals surface area (Å²) < 4.78 is 24.8. The van der Waals surface area contributed by atoms with Crippen LogP contribution in [-0.4, -0.2) is 12.1 Å². The minimum absolute atomic E-state index is 0.180. The highest BCUT2D eigenvalue weighted by atomic mass is 19.1. The highest BCUT2D eigenvalue weighted by Gasteiger charge is 2.12. The molecule has 5 nitrogen and oxygen atoms in total. The molecule has 0 unspecified atom stereocenters. The Hall–Kier alpha value is -4.45. The lowest BCUT2D eigenvalue weighted by atomic mass is 10.0. The molecule has 0 fully saturated rings. The predicted octanol–water partition coefficient (Wildman–Crippen LogP) is 6.07. The summed E-state index contributed by atoms with van der Waals surface area (Å²) in [5, 5.41) is 6.93. The Bertz CT molecular complexity index is 1440. The van der Waals surface area contributed by atoms with E-state index in [1.807, 2.05) is 54.6 Å². The molecule has 0 atom stereocenters. The fourth-order valence-corrected chi connectivity index (χ4v) is 3.58. The lowest BCUT2D eigenvalue weighted by molar-refractivity contribution is 0.0929. The van der Waals surface area contributed by atoms with Gasteiger partial charge in [-0.3, -0.25) is 4.79 Å². The van der Waals surface area contributed by atoms with Crippen molar-refractivity contribution in [3.05, 3.63) is 114 Å². The van der Waals surface area contributed by atoms with Crippen molar-refractivity contribution in [1.29, 1.82) is 0 Å². The van der Waals surface area contributed by atoms with Gasteiger partial charge >= 0.3 is 5.91 Å². The first-order valence-electron chi connectivity index (χ1n) is 10.4. The Morgan fingerprint density at radius 1 is 0.939 bits per heavy atom. The monoisotopic (exact) mass is 438 g/mol. The molecular formula is C27H19FN2O3. The van der Waals surface area contributed by atoms with Gasteiger partial charge in [-0.15, -0.1) is 0 Å². The molecule has 0 bridgehead atoms. The van der Waals surface area contributed by atoms with E-state index in [1.165, 1.54) is 12.1 Å². The Morgan fingerprint density at radius 3 is 2.52 bits per heavy atom. The van der Waals surface area contributed by atoms with Crippen LogP contribution in [0.15, 0.2) is 101 Å². The van der Waals surface area contributed by atoms with Crippen LogP contribution in [0.5, 0.6) is 5.75 Å². The number of fused-ring (bicyclic) bond motifs is 2. The molecule has 1 heterocycles. The Balaban J connectivity index is 1.39. The van der Waals surface area contributed by atoms with Crippen LogP contribution in [0.25, 0.3) is 21.7 Å². The van der Waals surface area contributed by atoms with Crippen molar-refractivity contribution in [3.8, 4) is 5.75 Å². The van der Waals surface area contributed by atoms with Crippen molar-refractivity contribution < 1.29 is 18.3 Å². The van der Waals surface area contributed by atoms with Gasteiger partial charge in [0, 0.05) is 10.9 Å². The van der Waals surface area contributed by atoms with Gasteiger partial charge < -0.3 is 9.15 Å². The molecule has 0 saturated carbocycles. The SMILES string of the molecule is O=C(N/N=C/c1c(OCc2ccc(F)cc2)ccc2ccccc12)c1cc2ccccc2o1. The number of carbonyl (C=O) groups is 1. The van der Waals surface area contributed by atoms with Crippen LogP contribution >= 0.6 is 0 Å². The summed E-state index contributed by atoms with van der Waals surface area (Å²) in [5.74, 6) is 0.0350. The minimum atomic E-state index is -0.448. The van der Waals surface area contributed by atoms with Crippen molar-refractivity contribution in [2.75, 3.05) is 0 Å². The topological polar surface area (TPSA) is 63.8 Å². The Kier molecular flexibility index (Phi) is 5.55. The van der Waals surface area contributed by atoms with Crippen molar-refractivity contribution in [2.45, 2.75) is 6.61 Å². The highest BCUT2D eigenvalue weighted by Crippen LogP contribution is 2.27. The normalized spacial score (nSPS) is 11.3. The second kappa shape index (κ2) is 8.96. The summed E-state index contributed by atoms with van der Waals surface area (Å²) in [7, 11) is 0. The van der Waals surface area contributed by atoms with Crippen molar-refractivity contribution in [2.24, 2.45) is 5.10 Å². The number of hydrogen-bond acceptors (Lipinski definition) is 4. The van der Waals surface area contributed by atoms with Gasteiger partial charge in [0.15, 0.2) is 5.76 Å². The van der Waals surface area contributed by atoms with Gasteiger partial charge in [0.2, 0.25) is 0 Å². The van der Waals surface area contributed by atoms with E-state index in [4.69, 9.17) is 9.15 Å². The third kappa shape index (κ3) is 4.45. The number of rotatable bonds is 6. The average Bonchev–Trinajstić information content (AvgIpc) is 3.29. The second-order valence-electron chi connectivity index (χ2n) is 7.46. The van der Waals surface area contributed by atoms with Gasteiger partial charge in [-0.25, -0.2) is 9.82 Å². The van der Waals surface area contributed by atoms with Crippen molar-refractivity contribution >= 4 is 33.9 Å². The highest BCUT2D eigenvalue weighted by molar-refractivity contribution is 6.03. The minimum Gasteiger partial charge on any atom is -0.488 e. The molecule has 5 rings (SSSR count). The standard InChI is InChI=1S/C27H19FN2O3/c28-21-12-9-18(10-13-21)17-32-25-14-11-19-5-1-3-7-22(19)23(25)16-29-30-27(31)26-15-20-6-2-4-8-24(20)33-26/h1-16H,17H2,(H,30,31)/b29-16+. The van der Waals surface area contributed by atoms with E-state index in [9.17, 15) is 9.18 Å². The van der Waals surface area contributed by atoms with Gasteiger partial charge in [0.05, 0.1) is 6.21 Å². The number of amides is 1. The number of hydrazone groups is 1. The molecule has 0 aliphatic rings. The van der Waals surface area contributed by atoms with Crippen LogP contribution in [-0.2, 0) is 6.61 Å². The van der Waals surface area contributed by atoms with E-state index in [-0.39, 0.29) is 18.2 Å². The maximum atomic E-state index is 13.2. The van der Waals surface area contributed by atoms with Gasteiger partial charge in [-0.05, 0) is 46.7 Å². The molecule has 0 spiro atoms. The zero-order valence-corrected chi connectivity index (χ0v) is 17.5. The summed E-state index contributed by atoms with van der Waals surface area (Å²) >= 11 is 0. The van der Waals surface area contributed by atoms with Gasteiger partial charge in [-0.2, -0.15) is 5.10 Å². The van der Waals surface area contributed by atoms with E-state index >= 15 is 0 Å². The molecule has 33 heavy (non-hydrogen) atoms. The van der Waals surface area contributed by atoms with E-state index in [0.29, 0.717) is 11.3 Å². The molecule has 6 heteroatoms. The number of hydrogen-bond donors (Lipinski definition) is 1. The molecule has 0 aliphatic heterocycles. The smallest absolute Gasteiger partial charge is 0.307 e. The summed E-state index contributed by atoms with van der Waals surface area (Å²) in [6, 6.07) is 26.9. The number of para-hydroxylation sites is 1. The first kappa shape index (κ1) is 20.5. The number of nitrogens with one attached hydrogen (secondary N) is 1. The molecule has 0 saturated heterocycles. The predicted molar refractivity (Wildman–Crippen MR) is 126 cm³/mol. The molecule has 5 aromatic rings. The van der Waals surface area contributed by atoms with Crippen molar-refractivity contribution in [3.63, 3.8) is 0 Å². The first-order chi connectivity index (χ1) is 16.2. The molecule has 0 aliphatic carbocycles. The van der Waals surface area contributed by atoms with Crippen molar-refractivity contribution in [1.82, 2.24) is 5.43 Å². The maximum Gasteiger partial charge on any atom is 0.307 e. The number of ether oxygens (including phenoxy) is 1. The number of furan rings is 1. The molecule has 1 N–H and O–H groups in total. The molecule has 1 amide bonds. The summed E-state index contributed by atoms with van der Waals surface area (Å²) in [5.41, 5.74) is 4.72. The van der Waals surface area contributed by atoms with E-state index in [0.717, 1.165) is 27.3 Å². The molecule has 162 valence electrons. The van der Waals surface area contributed by atoms with Crippen LogP contribution in [0.1, 0.15) is 21.7 Å². The average molecular weight is 438 g/mol. The van der Waals surface area contributed by atoms with Gasteiger partial charge in [-0.1, -0.05) is 60.7 Å². The van der Waals surface area contributed by atoms with E-state index < -0.39 is 5.91 Å². The Labute approximate surface area is 189 Å². The van der Waals surface area contributed by atoms with Crippen LogP contribution in [0.4, 0.5) is 4.39 Å². The largest absolute Gasteiger partial charge is 0.488 e. The van der Waals surface area contributed by atoms with Gasteiger partial charge in [0.25, 0.3) is 0 Å². The number of halogens is 1. The third-order valence-electron chi connectivity index (χ3n) is 5.25. The number of benzene rings is 4. The maximum absolute atomic E-state index is 13.2. The lowest BCUT2D eigenvalue weighted by Crippen LogP contribution is -2.16. The summed E-state index contributed by atoms with van der Waals surface area (Å²) in [6.07, 6.45) is 1.56. The first-order valence-corrected chi connectivity index (χ1v) is 10.4. The fraction of sp³-hybridized carbons (Fsp3) is 0.0370. The quantitative estimate of drug-likeness (QED) is 0.259. The van der Waals surface area contributed by atoms with E-state index in [1.54, 1.807) is 30.5 Å². The van der Waals surface area contributed by atoms with Gasteiger partial charge in [0.1, 0.15) is 23.8 Å². The van der Waals surface area contributed by atoms with Crippen LogP contribution < -0.4 is 10.2 Å². The molecule has 1 aromatic heterocycles. The third-order valence-corrected chi connectivity index (χ3v) is 5.25. The van der Waals surface area contributed by atoms with E-state index in [2.05, 4.69) is 10.5 Å². The lowest BCUT2D eigenvalue weighted by Gasteiger charge is -2.12. The zero-order valence-electron chi connectivity index (χ0n) is 17.5. The zero-order chi connectivity index (χ0) is 22.6. The fourth-order valence-electron chi connectivity index (χ4n) is 3.58. The summed E-state index contributed by atoms with van der Waals surface area (Å²) in [6.45, 7) is 0.269. The molecular weight excluding hydrogens is 419 g/mol. The molecule has 4 aromatic carbocycles. The van der Waals surface area contributed by atoms with Crippen LogP contribution in [0.3, 0.4) is 0 Å². The van der Waals surface area contributed by atoms with Crippen LogP contribution in [0.2, 0.25) is 0 Å². The second-order valence-corrected chi connectivity index (χ2v) is 7.46. The molecule has 0 radical (unpaired) electrons.